The fourth-order valence-electron chi connectivity index (χ4n) is 2.19. The van der Waals surface area contributed by atoms with Gasteiger partial charge < -0.3 is 5.73 Å². The molecule has 0 aliphatic carbocycles. The Kier molecular flexibility index (Phi) is 5.71. The average Bonchev–Trinajstić information content (AvgIpc) is 2.48. The first-order valence-electron chi connectivity index (χ1n) is 7.16. The van der Waals surface area contributed by atoms with E-state index in [1.165, 1.54) is 11.1 Å². The molecular weight excluding hydrogens is 246 g/mol. The molecule has 2 aromatic rings. The van der Waals surface area contributed by atoms with Crippen LogP contribution < -0.4 is 5.73 Å². The van der Waals surface area contributed by atoms with E-state index in [0.717, 1.165) is 38.3 Å². The molecular formula is C17H23N3. The minimum atomic E-state index is 0.729. The van der Waals surface area contributed by atoms with Crippen LogP contribution in [0, 0.1) is 6.92 Å². The second-order valence-electron chi connectivity index (χ2n) is 5.17. The lowest BCUT2D eigenvalue weighted by Gasteiger charge is -2.22. The Bertz CT molecular complexity index is 493. The van der Waals surface area contributed by atoms with Crippen LogP contribution in [0.4, 0.5) is 0 Å². The molecule has 0 amide bonds. The molecule has 0 saturated heterocycles. The molecule has 1 heterocycles. The second kappa shape index (κ2) is 7.78. The van der Waals surface area contributed by atoms with E-state index in [-0.39, 0.29) is 0 Å². The predicted molar refractivity (Wildman–Crippen MR) is 83.2 cm³/mol. The fourth-order valence-corrected chi connectivity index (χ4v) is 2.19. The van der Waals surface area contributed by atoms with Gasteiger partial charge in [-0.15, -0.1) is 0 Å². The molecule has 1 aromatic carbocycles. The lowest BCUT2D eigenvalue weighted by molar-refractivity contribution is 0.252. The predicted octanol–water partition coefficient (Wildman–Crippen LogP) is 2.74. The Balaban J connectivity index is 2.01. The van der Waals surface area contributed by atoms with Crippen LogP contribution >= 0.6 is 0 Å². The topological polar surface area (TPSA) is 42.1 Å². The van der Waals surface area contributed by atoms with Crippen LogP contribution in [0.3, 0.4) is 0 Å². The molecule has 0 bridgehead atoms. The zero-order chi connectivity index (χ0) is 14.2. The molecule has 1 aromatic heterocycles. The summed E-state index contributed by atoms with van der Waals surface area (Å²) in [5.74, 6) is 0. The number of nitrogens with two attached hydrogens (primary N) is 1. The molecule has 0 unspecified atom stereocenters. The molecule has 0 fully saturated rings. The molecule has 0 aliphatic rings. The van der Waals surface area contributed by atoms with E-state index in [0.29, 0.717) is 0 Å². The summed E-state index contributed by atoms with van der Waals surface area (Å²) in [5, 5.41) is 0. The van der Waals surface area contributed by atoms with E-state index in [1.807, 2.05) is 6.20 Å². The van der Waals surface area contributed by atoms with E-state index in [4.69, 9.17) is 5.73 Å². The molecule has 106 valence electrons. The molecule has 3 nitrogen and oxygen atoms in total. The molecule has 3 heteroatoms. The molecule has 0 saturated carbocycles. The van der Waals surface area contributed by atoms with Gasteiger partial charge in [0, 0.05) is 25.8 Å². The fraction of sp³-hybridized carbons (Fsp3) is 0.353. The molecule has 0 atom stereocenters. The van der Waals surface area contributed by atoms with Crippen molar-refractivity contribution < 1.29 is 0 Å². The average molecular weight is 269 g/mol. The van der Waals surface area contributed by atoms with Gasteiger partial charge in [0.05, 0.1) is 5.69 Å². The smallest absolute Gasteiger partial charge is 0.0544 e. The number of hydrogen-bond acceptors (Lipinski definition) is 3. The Morgan fingerprint density at radius 1 is 1.05 bits per heavy atom. The highest BCUT2D eigenvalue weighted by Crippen LogP contribution is 2.09. The third-order valence-electron chi connectivity index (χ3n) is 3.29. The number of pyridine rings is 1. The summed E-state index contributed by atoms with van der Waals surface area (Å²) in [6.07, 6.45) is 2.94. The molecule has 0 spiro atoms. The maximum Gasteiger partial charge on any atom is 0.0544 e. The largest absolute Gasteiger partial charge is 0.330 e. The van der Waals surface area contributed by atoms with Crippen molar-refractivity contribution in [2.75, 3.05) is 13.1 Å². The van der Waals surface area contributed by atoms with E-state index in [1.54, 1.807) is 0 Å². The summed E-state index contributed by atoms with van der Waals surface area (Å²) >= 11 is 0. The maximum absolute atomic E-state index is 5.64. The van der Waals surface area contributed by atoms with Crippen molar-refractivity contribution >= 4 is 0 Å². The monoisotopic (exact) mass is 269 g/mol. The zero-order valence-electron chi connectivity index (χ0n) is 12.1. The highest BCUT2D eigenvalue weighted by Gasteiger charge is 2.07. The molecule has 2 rings (SSSR count). The molecule has 0 aliphatic heterocycles. The van der Waals surface area contributed by atoms with Crippen molar-refractivity contribution in [3.63, 3.8) is 0 Å². The molecule has 20 heavy (non-hydrogen) atoms. The van der Waals surface area contributed by atoms with Crippen LogP contribution in [-0.2, 0) is 13.1 Å². The van der Waals surface area contributed by atoms with Gasteiger partial charge in [0.2, 0.25) is 0 Å². The van der Waals surface area contributed by atoms with Crippen LogP contribution in [0.25, 0.3) is 0 Å². The summed E-state index contributed by atoms with van der Waals surface area (Å²) in [6, 6.07) is 14.8. The van der Waals surface area contributed by atoms with Crippen molar-refractivity contribution in [3.8, 4) is 0 Å². The Morgan fingerprint density at radius 3 is 2.50 bits per heavy atom. The standard InChI is InChI=1S/C17H23N3/c1-15-8-9-17(19-12-15)14-20(11-5-10-18)13-16-6-3-2-4-7-16/h2-4,6-9,12H,5,10-11,13-14,18H2,1H3. The first-order valence-corrected chi connectivity index (χ1v) is 7.16. The van der Waals surface area contributed by atoms with Crippen molar-refractivity contribution in [2.45, 2.75) is 26.4 Å². The Morgan fingerprint density at radius 2 is 1.85 bits per heavy atom. The minimum Gasteiger partial charge on any atom is -0.330 e. The van der Waals surface area contributed by atoms with Crippen molar-refractivity contribution in [2.24, 2.45) is 5.73 Å². The maximum atomic E-state index is 5.64. The molecule has 0 radical (unpaired) electrons. The Hall–Kier alpha value is -1.71. The summed E-state index contributed by atoms with van der Waals surface area (Å²) in [5.41, 5.74) is 9.29. The third kappa shape index (κ3) is 4.76. The number of hydrogen-bond donors (Lipinski definition) is 1. The van der Waals surface area contributed by atoms with E-state index >= 15 is 0 Å². The number of rotatable bonds is 7. The number of aromatic nitrogens is 1. The third-order valence-corrected chi connectivity index (χ3v) is 3.29. The van der Waals surface area contributed by atoms with Gasteiger partial charge in [-0.1, -0.05) is 36.4 Å². The van der Waals surface area contributed by atoms with Crippen molar-refractivity contribution in [1.82, 2.24) is 9.88 Å². The van der Waals surface area contributed by atoms with Gasteiger partial charge in [0.15, 0.2) is 0 Å². The van der Waals surface area contributed by atoms with Gasteiger partial charge in [-0.25, -0.2) is 0 Å². The van der Waals surface area contributed by atoms with Crippen LogP contribution in [0.5, 0.6) is 0 Å². The number of nitrogens with zero attached hydrogens (tertiary/aromatic N) is 2. The van der Waals surface area contributed by atoms with Crippen molar-refractivity contribution in [3.05, 3.63) is 65.5 Å². The van der Waals surface area contributed by atoms with Crippen LogP contribution in [0.15, 0.2) is 48.7 Å². The van der Waals surface area contributed by atoms with Crippen LogP contribution in [0.2, 0.25) is 0 Å². The van der Waals surface area contributed by atoms with Crippen molar-refractivity contribution in [1.29, 1.82) is 0 Å². The SMILES string of the molecule is Cc1ccc(CN(CCCN)Cc2ccccc2)nc1. The van der Waals surface area contributed by atoms with Crippen LogP contribution in [0.1, 0.15) is 23.2 Å². The summed E-state index contributed by atoms with van der Waals surface area (Å²) < 4.78 is 0. The highest BCUT2D eigenvalue weighted by molar-refractivity contribution is 5.15. The quantitative estimate of drug-likeness (QED) is 0.840. The van der Waals surface area contributed by atoms with Gasteiger partial charge in [-0.3, -0.25) is 9.88 Å². The van der Waals surface area contributed by atoms with Gasteiger partial charge in [0.1, 0.15) is 0 Å². The number of aryl methyl sites for hydroxylation is 1. The Labute approximate surface area is 121 Å². The van der Waals surface area contributed by atoms with E-state index < -0.39 is 0 Å². The van der Waals surface area contributed by atoms with Gasteiger partial charge >= 0.3 is 0 Å². The highest BCUT2D eigenvalue weighted by atomic mass is 15.1. The molecule has 2 N–H and O–H groups in total. The normalized spacial score (nSPS) is 10.9. The summed E-state index contributed by atoms with van der Waals surface area (Å²) in [7, 11) is 0. The van der Waals surface area contributed by atoms with E-state index in [2.05, 4.69) is 59.3 Å². The lowest BCUT2D eigenvalue weighted by atomic mass is 10.2. The van der Waals surface area contributed by atoms with Gasteiger partial charge in [-0.2, -0.15) is 0 Å². The first-order chi connectivity index (χ1) is 9.78. The minimum absolute atomic E-state index is 0.729. The lowest BCUT2D eigenvalue weighted by Crippen LogP contribution is -2.26. The van der Waals surface area contributed by atoms with Crippen LogP contribution in [-0.4, -0.2) is 23.0 Å². The van der Waals surface area contributed by atoms with Gasteiger partial charge in [-0.05, 0) is 37.1 Å². The zero-order valence-corrected chi connectivity index (χ0v) is 12.1. The number of benzene rings is 1. The van der Waals surface area contributed by atoms with Gasteiger partial charge in [0.25, 0.3) is 0 Å². The summed E-state index contributed by atoms with van der Waals surface area (Å²) in [4.78, 5) is 6.90. The first kappa shape index (κ1) is 14.7. The van der Waals surface area contributed by atoms with E-state index in [9.17, 15) is 0 Å². The second-order valence-corrected chi connectivity index (χ2v) is 5.17. The summed E-state index contributed by atoms with van der Waals surface area (Å²) in [6.45, 7) is 5.60.